The summed E-state index contributed by atoms with van der Waals surface area (Å²) in [5.41, 5.74) is 0.624. The van der Waals surface area contributed by atoms with E-state index in [1.165, 1.54) is 13.2 Å². The summed E-state index contributed by atoms with van der Waals surface area (Å²) in [6.45, 7) is 1.89. The maximum Gasteiger partial charge on any atom is 0.160 e. The van der Waals surface area contributed by atoms with E-state index < -0.39 is 6.10 Å². The third-order valence-corrected chi connectivity index (χ3v) is 2.67. The highest BCUT2D eigenvalue weighted by molar-refractivity contribution is 5.42. The molecule has 0 aliphatic rings. The molecule has 90 valence electrons. The molecule has 1 rings (SSSR count). The van der Waals surface area contributed by atoms with E-state index in [0.29, 0.717) is 17.7 Å². The van der Waals surface area contributed by atoms with E-state index in [1.54, 1.807) is 12.1 Å². The van der Waals surface area contributed by atoms with Gasteiger partial charge >= 0.3 is 0 Å². The number of aliphatic hydroxyl groups is 2. The highest BCUT2D eigenvalue weighted by Crippen LogP contribution is 2.32. The minimum atomic E-state index is -0.691. The minimum Gasteiger partial charge on any atom is -0.504 e. The molecule has 0 saturated carbocycles. The van der Waals surface area contributed by atoms with E-state index in [4.69, 9.17) is 9.84 Å². The average molecular weight is 226 g/mol. The summed E-state index contributed by atoms with van der Waals surface area (Å²) in [5, 5.41) is 28.3. The molecule has 0 aliphatic heterocycles. The Hall–Kier alpha value is -1.26. The zero-order valence-electron chi connectivity index (χ0n) is 9.55. The van der Waals surface area contributed by atoms with Crippen molar-refractivity contribution in [3.05, 3.63) is 23.8 Å². The van der Waals surface area contributed by atoms with Gasteiger partial charge in [0.15, 0.2) is 11.5 Å². The molecular weight excluding hydrogens is 208 g/mol. The van der Waals surface area contributed by atoms with Crippen molar-refractivity contribution >= 4 is 0 Å². The Morgan fingerprint density at radius 3 is 2.56 bits per heavy atom. The topological polar surface area (TPSA) is 69.9 Å². The van der Waals surface area contributed by atoms with Crippen molar-refractivity contribution in [2.24, 2.45) is 5.92 Å². The molecule has 0 radical (unpaired) electrons. The lowest BCUT2D eigenvalue weighted by atomic mass is 9.95. The van der Waals surface area contributed by atoms with E-state index in [-0.39, 0.29) is 18.3 Å². The van der Waals surface area contributed by atoms with Crippen LogP contribution in [0.25, 0.3) is 0 Å². The molecular formula is C12H18O4. The van der Waals surface area contributed by atoms with Crippen LogP contribution in [0.3, 0.4) is 0 Å². The lowest BCUT2D eigenvalue weighted by Crippen LogP contribution is -2.10. The summed E-state index contributed by atoms with van der Waals surface area (Å²) >= 11 is 0. The van der Waals surface area contributed by atoms with Crippen LogP contribution in [-0.4, -0.2) is 29.0 Å². The molecule has 0 heterocycles. The molecule has 4 nitrogen and oxygen atoms in total. The summed E-state index contributed by atoms with van der Waals surface area (Å²) < 4.78 is 4.92. The smallest absolute Gasteiger partial charge is 0.160 e. The second-order valence-electron chi connectivity index (χ2n) is 3.87. The molecule has 0 unspecified atom stereocenters. The third-order valence-electron chi connectivity index (χ3n) is 2.67. The third kappa shape index (κ3) is 2.87. The van der Waals surface area contributed by atoms with Crippen molar-refractivity contribution in [1.82, 2.24) is 0 Å². The first kappa shape index (κ1) is 12.8. The molecule has 4 heteroatoms. The Kier molecular flexibility index (Phi) is 4.58. The fourth-order valence-corrected chi connectivity index (χ4v) is 1.58. The maximum absolute atomic E-state index is 9.95. The summed E-state index contributed by atoms with van der Waals surface area (Å²) in [6.07, 6.45) is -0.169. The first-order chi connectivity index (χ1) is 7.60. The maximum atomic E-state index is 9.95. The number of aliphatic hydroxyl groups excluding tert-OH is 2. The Labute approximate surface area is 95.1 Å². The Balaban J connectivity index is 2.84. The number of hydrogen-bond acceptors (Lipinski definition) is 4. The lowest BCUT2D eigenvalue weighted by Gasteiger charge is -2.18. The number of benzene rings is 1. The van der Waals surface area contributed by atoms with Crippen molar-refractivity contribution in [3.63, 3.8) is 0 Å². The van der Waals surface area contributed by atoms with Crippen molar-refractivity contribution in [2.75, 3.05) is 13.7 Å². The second-order valence-corrected chi connectivity index (χ2v) is 3.87. The Bertz CT molecular complexity index is 338. The van der Waals surface area contributed by atoms with Crippen LogP contribution in [0.2, 0.25) is 0 Å². The second kappa shape index (κ2) is 5.72. The molecule has 0 saturated heterocycles. The fourth-order valence-electron chi connectivity index (χ4n) is 1.58. The molecule has 0 aromatic heterocycles. The SMILES string of the molecule is COc1ccc([C@H](O)[C@H](C)CCO)cc1O. The van der Waals surface area contributed by atoms with Gasteiger partial charge in [0.25, 0.3) is 0 Å². The van der Waals surface area contributed by atoms with E-state index in [9.17, 15) is 10.2 Å². The van der Waals surface area contributed by atoms with Crippen molar-refractivity contribution in [3.8, 4) is 11.5 Å². The van der Waals surface area contributed by atoms with Gasteiger partial charge in [0.1, 0.15) is 0 Å². The van der Waals surface area contributed by atoms with Crippen molar-refractivity contribution in [1.29, 1.82) is 0 Å². The molecule has 0 spiro atoms. The largest absolute Gasteiger partial charge is 0.504 e. The van der Waals surface area contributed by atoms with Gasteiger partial charge < -0.3 is 20.1 Å². The Morgan fingerprint density at radius 1 is 1.38 bits per heavy atom. The van der Waals surface area contributed by atoms with Crippen LogP contribution in [0.5, 0.6) is 11.5 Å². The van der Waals surface area contributed by atoms with E-state index in [0.717, 1.165) is 0 Å². The number of phenols is 1. The van der Waals surface area contributed by atoms with E-state index >= 15 is 0 Å². The molecule has 1 aromatic carbocycles. The van der Waals surface area contributed by atoms with Crippen molar-refractivity contribution < 1.29 is 20.1 Å². The van der Waals surface area contributed by atoms with Gasteiger partial charge in [-0.2, -0.15) is 0 Å². The highest BCUT2D eigenvalue weighted by atomic mass is 16.5. The van der Waals surface area contributed by atoms with E-state index in [2.05, 4.69) is 0 Å². The lowest BCUT2D eigenvalue weighted by molar-refractivity contribution is 0.0988. The molecule has 0 aliphatic carbocycles. The molecule has 3 N–H and O–H groups in total. The standard InChI is InChI=1S/C12H18O4/c1-8(5-6-13)12(15)9-3-4-11(16-2)10(14)7-9/h3-4,7-8,12-15H,5-6H2,1-2H3/t8-,12-/m1/s1. The number of ether oxygens (including phenoxy) is 1. The number of phenolic OH excluding ortho intramolecular Hbond substituents is 1. The first-order valence-electron chi connectivity index (χ1n) is 5.26. The molecule has 1 aromatic rings. The van der Waals surface area contributed by atoms with Gasteiger partial charge in [0.2, 0.25) is 0 Å². The van der Waals surface area contributed by atoms with Gasteiger partial charge in [-0.25, -0.2) is 0 Å². The number of aromatic hydroxyl groups is 1. The normalized spacial score (nSPS) is 14.5. The molecule has 0 fully saturated rings. The predicted molar refractivity (Wildman–Crippen MR) is 60.5 cm³/mol. The van der Waals surface area contributed by atoms with Gasteiger partial charge in [0, 0.05) is 6.61 Å². The van der Waals surface area contributed by atoms with E-state index in [1.807, 2.05) is 6.92 Å². The minimum absolute atomic E-state index is 0.00949. The Morgan fingerprint density at radius 2 is 2.06 bits per heavy atom. The van der Waals surface area contributed by atoms with Crippen LogP contribution in [0.1, 0.15) is 25.0 Å². The number of hydrogen-bond donors (Lipinski definition) is 3. The van der Waals surface area contributed by atoms with Gasteiger partial charge in [0.05, 0.1) is 13.2 Å². The molecule has 0 amide bonds. The van der Waals surface area contributed by atoms with Crippen LogP contribution in [0, 0.1) is 5.92 Å². The average Bonchev–Trinajstić information content (AvgIpc) is 2.28. The zero-order valence-corrected chi connectivity index (χ0v) is 9.55. The van der Waals surface area contributed by atoms with Crippen LogP contribution in [0.15, 0.2) is 18.2 Å². The van der Waals surface area contributed by atoms with Gasteiger partial charge in [-0.1, -0.05) is 13.0 Å². The highest BCUT2D eigenvalue weighted by Gasteiger charge is 2.17. The van der Waals surface area contributed by atoms with Crippen LogP contribution >= 0.6 is 0 Å². The number of rotatable bonds is 5. The quantitative estimate of drug-likeness (QED) is 0.710. The zero-order chi connectivity index (χ0) is 12.1. The van der Waals surface area contributed by atoms with Crippen LogP contribution in [-0.2, 0) is 0 Å². The molecule has 2 atom stereocenters. The monoisotopic (exact) mass is 226 g/mol. The molecule has 16 heavy (non-hydrogen) atoms. The van der Waals surface area contributed by atoms with Gasteiger partial charge in [-0.3, -0.25) is 0 Å². The van der Waals surface area contributed by atoms with Crippen LogP contribution in [0.4, 0.5) is 0 Å². The predicted octanol–water partition coefficient (Wildman–Crippen LogP) is 1.45. The van der Waals surface area contributed by atoms with Crippen LogP contribution < -0.4 is 4.74 Å². The van der Waals surface area contributed by atoms with Gasteiger partial charge in [-0.05, 0) is 30.0 Å². The van der Waals surface area contributed by atoms with Gasteiger partial charge in [-0.15, -0.1) is 0 Å². The molecule has 0 bridgehead atoms. The fraction of sp³-hybridized carbons (Fsp3) is 0.500. The van der Waals surface area contributed by atoms with Crippen molar-refractivity contribution in [2.45, 2.75) is 19.4 Å². The summed E-state index contributed by atoms with van der Waals surface area (Å²) in [7, 11) is 1.47. The first-order valence-corrected chi connectivity index (χ1v) is 5.26. The summed E-state index contributed by atoms with van der Waals surface area (Å²) in [4.78, 5) is 0. The number of methoxy groups -OCH3 is 1. The summed E-state index contributed by atoms with van der Waals surface area (Å²) in [6, 6.07) is 4.80. The summed E-state index contributed by atoms with van der Waals surface area (Å²) in [5.74, 6) is 0.332.